The Kier molecular flexibility index (Phi) is 7.27. The molecule has 0 aromatic heterocycles. The molecule has 0 aromatic carbocycles. The fraction of sp³-hybridized carbons (Fsp3) is 0.944. The van der Waals surface area contributed by atoms with Gasteiger partial charge in [-0.25, -0.2) is 4.79 Å². The lowest BCUT2D eigenvalue weighted by molar-refractivity contribution is 0.00663. The molecule has 0 aromatic rings. The summed E-state index contributed by atoms with van der Waals surface area (Å²) >= 11 is 1.99. The van der Waals surface area contributed by atoms with Gasteiger partial charge in [0.2, 0.25) is 0 Å². The molecule has 0 bridgehead atoms. The van der Waals surface area contributed by atoms with Gasteiger partial charge < -0.3 is 15.0 Å². The fourth-order valence-corrected chi connectivity index (χ4v) is 3.94. The van der Waals surface area contributed by atoms with Crippen molar-refractivity contribution in [3.63, 3.8) is 0 Å². The highest BCUT2D eigenvalue weighted by atomic mass is 32.2. The topological polar surface area (TPSA) is 41.6 Å². The van der Waals surface area contributed by atoms with Gasteiger partial charge in [-0.05, 0) is 60.6 Å². The third-order valence-electron chi connectivity index (χ3n) is 4.33. The molecule has 0 unspecified atom stereocenters. The molecule has 0 heterocycles. The molecule has 1 rings (SSSR count). The van der Waals surface area contributed by atoms with E-state index in [1.165, 1.54) is 25.7 Å². The predicted octanol–water partition coefficient (Wildman–Crippen LogP) is 4.29. The molecule has 1 amide bonds. The van der Waals surface area contributed by atoms with E-state index in [9.17, 15) is 4.79 Å². The van der Waals surface area contributed by atoms with E-state index < -0.39 is 5.60 Å². The molecule has 1 aliphatic rings. The zero-order chi connectivity index (χ0) is 17.7. The molecule has 1 N–H and O–H groups in total. The zero-order valence-electron chi connectivity index (χ0n) is 16.1. The lowest BCUT2D eigenvalue weighted by Crippen LogP contribution is -2.51. The van der Waals surface area contributed by atoms with E-state index in [2.05, 4.69) is 32.3 Å². The van der Waals surface area contributed by atoms with Crippen LogP contribution in [0.1, 0.15) is 67.2 Å². The smallest absolute Gasteiger partial charge is 0.410 e. The van der Waals surface area contributed by atoms with Crippen LogP contribution in [0.5, 0.6) is 0 Å². The van der Waals surface area contributed by atoms with E-state index >= 15 is 0 Å². The first-order valence-corrected chi connectivity index (χ1v) is 9.98. The summed E-state index contributed by atoms with van der Waals surface area (Å²) in [5, 5.41) is 3.57. The van der Waals surface area contributed by atoms with Crippen LogP contribution in [0.3, 0.4) is 0 Å². The van der Waals surface area contributed by atoms with E-state index in [4.69, 9.17) is 4.74 Å². The van der Waals surface area contributed by atoms with Crippen molar-refractivity contribution in [2.24, 2.45) is 0 Å². The van der Waals surface area contributed by atoms with Gasteiger partial charge in [0.15, 0.2) is 0 Å². The van der Waals surface area contributed by atoms with Crippen LogP contribution < -0.4 is 5.32 Å². The minimum Gasteiger partial charge on any atom is -0.444 e. The van der Waals surface area contributed by atoms with Crippen LogP contribution >= 0.6 is 11.8 Å². The van der Waals surface area contributed by atoms with Gasteiger partial charge in [0.25, 0.3) is 0 Å². The molecule has 1 fully saturated rings. The first kappa shape index (κ1) is 20.6. The van der Waals surface area contributed by atoms with Gasteiger partial charge in [-0.2, -0.15) is 11.8 Å². The second-order valence-corrected chi connectivity index (χ2v) is 9.85. The Morgan fingerprint density at radius 2 is 1.74 bits per heavy atom. The summed E-state index contributed by atoms with van der Waals surface area (Å²) in [5.74, 6) is 0. The summed E-state index contributed by atoms with van der Waals surface area (Å²) in [6.07, 6.45) is 7.28. The Morgan fingerprint density at radius 3 is 2.17 bits per heavy atom. The quantitative estimate of drug-likeness (QED) is 0.730. The molecule has 136 valence electrons. The van der Waals surface area contributed by atoms with E-state index in [0.717, 1.165) is 13.1 Å². The predicted molar refractivity (Wildman–Crippen MR) is 100 cm³/mol. The van der Waals surface area contributed by atoms with Crippen molar-refractivity contribution in [3.8, 4) is 0 Å². The number of hydrogen-bond acceptors (Lipinski definition) is 4. The van der Waals surface area contributed by atoms with E-state index in [1.807, 2.05) is 37.4 Å². The van der Waals surface area contributed by atoms with Crippen LogP contribution in [0.2, 0.25) is 0 Å². The summed E-state index contributed by atoms with van der Waals surface area (Å²) < 4.78 is 5.95. The summed E-state index contributed by atoms with van der Waals surface area (Å²) in [7, 11) is 0. The normalized spacial score (nSPS) is 18.0. The molecule has 0 spiro atoms. The van der Waals surface area contributed by atoms with E-state index in [-0.39, 0.29) is 11.6 Å². The molecule has 5 heteroatoms. The highest BCUT2D eigenvalue weighted by Gasteiger charge is 2.33. The highest BCUT2D eigenvalue weighted by Crippen LogP contribution is 2.39. The first-order valence-electron chi connectivity index (χ1n) is 8.76. The van der Waals surface area contributed by atoms with Gasteiger partial charge >= 0.3 is 6.09 Å². The van der Waals surface area contributed by atoms with Crippen molar-refractivity contribution >= 4 is 17.9 Å². The molecular weight excluding hydrogens is 308 g/mol. The number of carbonyl (C=O) groups excluding carboxylic acids is 1. The number of thioether (sulfide) groups is 1. The second-order valence-electron chi connectivity index (χ2n) is 8.57. The number of hydrogen-bond donors (Lipinski definition) is 1. The molecule has 4 nitrogen and oxygen atoms in total. The van der Waals surface area contributed by atoms with Crippen molar-refractivity contribution in [1.82, 2.24) is 10.2 Å². The lowest BCUT2D eigenvalue weighted by Gasteiger charge is -2.37. The Labute approximate surface area is 147 Å². The summed E-state index contributed by atoms with van der Waals surface area (Å²) in [5.41, 5.74) is -0.699. The van der Waals surface area contributed by atoms with Crippen LogP contribution in [0.4, 0.5) is 4.79 Å². The maximum Gasteiger partial charge on any atom is 0.410 e. The molecule has 0 atom stereocenters. The number of nitrogens with one attached hydrogen (secondary N) is 1. The fourth-order valence-electron chi connectivity index (χ4n) is 3.00. The van der Waals surface area contributed by atoms with Crippen LogP contribution in [-0.4, -0.2) is 52.8 Å². The SMILES string of the molecule is CSC1(CNCCN(C(=O)OC(C)(C)C)C(C)(C)C)CCCC1. The number of carbonyl (C=O) groups is 1. The van der Waals surface area contributed by atoms with Crippen molar-refractivity contribution in [1.29, 1.82) is 0 Å². The summed E-state index contributed by atoms with van der Waals surface area (Å²) in [6.45, 7) is 14.4. The lowest BCUT2D eigenvalue weighted by atomic mass is 10.1. The average Bonchev–Trinajstić information content (AvgIpc) is 2.84. The molecule has 0 aliphatic heterocycles. The number of amides is 1. The standard InChI is InChI=1S/C18H36N2O2S/c1-16(2,3)20(15(21)22-17(4,5)6)13-12-19-14-18(23-7)10-8-9-11-18/h19H,8-14H2,1-7H3. The number of rotatable bonds is 6. The van der Waals surface area contributed by atoms with Crippen molar-refractivity contribution in [2.75, 3.05) is 25.9 Å². The van der Waals surface area contributed by atoms with Gasteiger partial charge in [-0.15, -0.1) is 0 Å². The van der Waals surface area contributed by atoms with Gasteiger partial charge in [-0.3, -0.25) is 0 Å². The summed E-state index contributed by atoms with van der Waals surface area (Å²) in [6, 6.07) is 0. The first-order chi connectivity index (χ1) is 10.5. The van der Waals surface area contributed by atoms with Gasteiger partial charge in [0.1, 0.15) is 5.60 Å². The minimum atomic E-state index is -0.458. The van der Waals surface area contributed by atoms with Gasteiger partial charge in [0, 0.05) is 29.9 Å². The maximum atomic E-state index is 12.4. The van der Waals surface area contributed by atoms with E-state index in [0.29, 0.717) is 11.3 Å². The van der Waals surface area contributed by atoms with Crippen LogP contribution in [0.15, 0.2) is 0 Å². The van der Waals surface area contributed by atoms with Gasteiger partial charge in [0.05, 0.1) is 0 Å². The van der Waals surface area contributed by atoms with Crippen LogP contribution in [-0.2, 0) is 4.74 Å². The Balaban J connectivity index is 2.50. The molecule has 0 saturated heterocycles. The molecule has 1 saturated carbocycles. The van der Waals surface area contributed by atoms with E-state index in [1.54, 1.807) is 0 Å². The van der Waals surface area contributed by atoms with Gasteiger partial charge in [-0.1, -0.05) is 12.8 Å². The molecule has 1 aliphatic carbocycles. The Hall–Kier alpha value is -0.420. The monoisotopic (exact) mass is 344 g/mol. The molecule has 23 heavy (non-hydrogen) atoms. The van der Waals surface area contributed by atoms with Crippen molar-refractivity contribution in [2.45, 2.75) is 83.1 Å². The average molecular weight is 345 g/mol. The molecular formula is C18H36N2O2S. The maximum absolute atomic E-state index is 12.4. The molecule has 0 radical (unpaired) electrons. The van der Waals surface area contributed by atoms with Crippen molar-refractivity contribution in [3.05, 3.63) is 0 Å². The van der Waals surface area contributed by atoms with Crippen molar-refractivity contribution < 1.29 is 9.53 Å². The Bertz CT molecular complexity index is 379. The summed E-state index contributed by atoms with van der Waals surface area (Å²) in [4.78, 5) is 14.3. The highest BCUT2D eigenvalue weighted by molar-refractivity contribution is 8.00. The number of nitrogens with zero attached hydrogens (tertiary/aromatic N) is 1. The largest absolute Gasteiger partial charge is 0.444 e. The minimum absolute atomic E-state index is 0.229. The van der Waals surface area contributed by atoms with Crippen LogP contribution in [0, 0.1) is 0 Å². The number of ether oxygens (including phenoxy) is 1. The van der Waals surface area contributed by atoms with Crippen LogP contribution in [0.25, 0.3) is 0 Å². The third kappa shape index (κ3) is 6.92. The zero-order valence-corrected chi connectivity index (χ0v) is 16.9. The Morgan fingerprint density at radius 1 is 1.17 bits per heavy atom. The third-order valence-corrected chi connectivity index (χ3v) is 5.75. The second kappa shape index (κ2) is 8.11.